The van der Waals surface area contributed by atoms with Gasteiger partial charge < -0.3 is 24.8 Å². The first-order valence-electron chi connectivity index (χ1n) is 10.9. The Kier molecular flexibility index (Phi) is 5.71. The molecule has 1 saturated heterocycles. The average molecular weight is 439 g/mol. The molecule has 2 aromatic carbocycles. The molecule has 0 spiro atoms. The summed E-state index contributed by atoms with van der Waals surface area (Å²) < 4.78 is 25.0. The van der Waals surface area contributed by atoms with E-state index in [-0.39, 0.29) is 12.4 Å². The molecule has 2 aliphatic rings. The van der Waals surface area contributed by atoms with E-state index in [2.05, 4.69) is 20.4 Å². The predicted octanol–water partition coefficient (Wildman–Crippen LogP) is 3.71. The van der Waals surface area contributed by atoms with Crippen molar-refractivity contribution in [2.75, 3.05) is 38.7 Å². The third-order valence-electron chi connectivity index (χ3n) is 6.07. The Bertz CT molecular complexity index is 1110. The zero-order valence-electron chi connectivity index (χ0n) is 18.0. The van der Waals surface area contributed by atoms with Gasteiger partial charge in [0.1, 0.15) is 24.3 Å². The predicted molar refractivity (Wildman–Crippen MR) is 120 cm³/mol. The Morgan fingerprint density at radius 2 is 2.06 bits per heavy atom. The van der Waals surface area contributed by atoms with Crippen LogP contribution in [0.25, 0.3) is 11.3 Å². The highest BCUT2D eigenvalue weighted by Gasteiger charge is 2.27. The number of H-pyrrole nitrogens is 1. The second-order valence-corrected chi connectivity index (χ2v) is 8.37. The first-order chi connectivity index (χ1) is 15.6. The molecule has 1 atom stereocenters. The summed E-state index contributed by atoms with van der Waals surface area (Å²) in [4.78, 5) is 2.26. The molecule has 32 heavy (non-hydrogen) atoms. The van der Waals surface area contributed by atoms with E-state index in [0.29, 0.717) is 30.2 Å². The Labute approximate surface area is 186 Å². The Morgan fingerprint density at radius 3 is 2.84 bits per heavy atom. The van der Waals surface area contributed by atoms with Gasteiger partial charge in [-0.25, -0.2) is 4.39 Å². The molecule has 1 aromatic heterocycles. The van der Waals surface area contributed by atoms with Crippen LogP contribution in [0, 0.1) is 5.82 Å². The maximum absolute atomic E-state index is 13.5. The second kappa shape index (κ2) is 8.80. The van der Waals surface area contributed by atoms with Gasteiger partial charge in [0, 0.05) is 29.8 Å². The number of ether oxygens (including phenoxy) is 2. The number of fused-ring (bicyclic) bond motifs is 3. The quantitative estimate of drug-likeness (QED) is 0.389. The van der Waals surface area contributed by atoms with Gasteiger partial charge in [-0.1, -0.05) is 6.07 Å². The largest absolute Gasteiger partial charge is 0.493 e. The number of aliphatic hydroxyl groups is 1. The van der Waals surface area contributed by atoms with Crippen molar-refractivity contribution in [3.8, 4) is 22.8 Å². The molecular formula is C24H27FN4O3. The molecule has 0 bridgehead atoms. The number of aromatic nitrogens is 2. The van der Waals surface area contributed by atoms with Crippen molar-refractivity contribution in [3.05, 3.63) is 53.3 Å². The number of benzene rings is 2. The highest BCUT2D eigenvalue weighted by molar-refractivity contribution is 5.81. The summed E-state index contributed by atoms with van der Waals surface area (Å²) in [6, 6.07) is 10.2. The van der Waals surface area contributed by atoms with Crippen molar-refractivity contribution >= 4 is 11.5 Å². The maximum atomic E-state index is 13.5. The summed E-state index contributed by atoms with van der Waals surface area (Å²) in [7, 11) is 1.60. The first kappa shape index (κ1) is 20.8. The number of nitrogens with zero attached hydrogens (tertiary/aromatic N) is 2. The van der Waals surface area contributed by atoms with Gasteiger partial charge in [-0.15, -0.1) is 0 Å². The number of methoxy groups -OCH3 is 1. The van der Waals surface area contributed by atoms with Crippen LogP contribution in [0.2, 0.25) is 0 Å². The van der Waals surface area contributed by atoms with E-state index in [1.54, 1.807) is 19.2 Å². The maximum Gasteiger partial charge on any atom is 0.161 e. The van der Waals surface area contributed by atoms with E-state index in [0.717, 1.165) is 41.3 Å². The summed E-state index contributed by atoms with van der Waals surface area (Å²) in [5.41, 5.74) is 4.56. The minimum atomic E-state index is -0.552. The third-order valence-corrected chi connectivity index (χ3v) is 6.07. The van der Waals surface area contributed by atoms with E-state index >= 15 is 0 Å². The minimum absolute atomic E-state index is 0.212. The van der Waals surface area contributed by atoms with Crippen molar-refractivity contribution in [1.82, 2.24) is 15.1 Å². The van der Waals surface area contributed by atoms with Gasteiger partial charge in [-0.05, 0) is 61.8 Å². The first-order valence-corrected chi connectivity index (χ1v) is 10.9. The third kappa shape index (κ3) is 4.16. The van der Waals surface area contributed by atoms with Gasteiger partial charge in [-0.2, -0.15) is 5.10 Å². The summed E-state index contributed by atoms with van der Waals surface area (Å²) in [6.45, 7) is 2.91. The van der Waals surface area contributed by atoms with Gasteiger partial charge >= 0.3 is 0 Å². The molecule has 7 nitrogen and oxygen atoms in total. The van der Waals surface area contributed by atoms with Crippen molar-refractivity contribution < 1.29 is 19.0 Å². The molecule has 1 aliphatic carbocycles. The highest BCUT2D eigenvalue weighted by Crippen LogP contribution is 2.44. The number of aliphatic hydroxyl groups excluding tert-OH is 1. The Hall–Kier alpha value is -3.10. The Morgan fingerprint density at radius 1 is 1.22 bits per heavy atom. The number of β-amino-alcohol motifs (C(OH)–C–C–N with tert-alkyl or cyclic N) is 1. The van der Waals surface area contributed by atoms with Crippen molar-refractivity contribution in [3.63, 3.8) is 0 Å². The standard InChI is InChI=1S/C24H27FN4O3/c1-31-21-12-19-15(10-22(21)32-14-18(30)13-29-7-2-3-8-29)9-20-23(19)27-28-24(20)26-17-6-4-5-16(25)11-17/h4-6,10-12,18,30H,2-3,7-9,13-14H2,1H3,(H2,26,27,28). The molecule has 8 heteroatoms. The number of aromatic amines is 1. The van der Waals surface area contributed by atoms with Crippen LogP contribution in [-0.2, 0) is 6.42 Å². The van der Waals surface area contributed by atoms with Crippen LogP contribution in [0.1, 0.15) is 24.0 Å². The Balaban J connectivity index is 1.31. The smallest absolute Gasteiger partial charge is 0.161 e. The van der Waals surface area contributed by atoms with Crippen LogP contribution in [0.3, 0.4) is 0 Å². The van der Waals surface area contributed by atoms with E-state index in [1.807, 2.05) is 12.1 Å². The number of anilines is 2. The van der Waals surface area contributed by atoms with Gasteiger partial charge in [0.25, 0.3) is 0 Å². The zero-order valence-corrected chi connectivity index (χ0v) is 18.0. The molecule has 0 saturated carbocycles. The monoisotopic (exact) mass is 438 g/mol. The molecule has 5 rings (SSSR count). The summed E-state index contributed by atoms with van der Waals surface area (Å²) in [5, 5.41) is 21.1. The van der Waals surface area contributed by atoms with Gasteiger partial charge in [0.2, 0.25) is 0 Å². The number of halogens is 1. The van der Waals surface area contributed by atoms with Gasteiger partial charge in [-0.3, -0.25) is 5.10 Å². The van der Waals surface area contributed by atoms with Gasteiger partial charge in [0.05, 0.1) is 12.8 Å². The summed E-state index contributed by atoms with van der Waals surface area (Å²) in [6.07, 6.45) is 2.49. The molecule has 3 N–H and O–H groups in total. The van der Waals surface area contributed by atoms with Crippen LogP contribution in [0.15, 0.2) is 36.4 Å². The van der Waals surface area contributed by atoms with Crippen LogP contribution in [-0.4, -0.2) is 59.7 Å². The van der Waals surface area contributed by atoms with E-state index < -0.39 is 6.10 Å². The minimum Gasteiger partial charge on any atom is -0.493 e. The van der Waals surface area contributed by atoms with Crippen molar-refractivity contribution in [2.45, 2.75) is 25.4 Å². The van der Waals surface area contributed by atoms with E-state index in [4.69, 9.17) is 9.47 Å². The van der Waals surface area contributed by atoms with Crippen LogP contribution >= 0.6 is 0 Å². The number of nitrogens with one attached hydrogen (secondary N) is 2. The molecule has 1 fully saturated rings. The number of rotatable bonds is 8. The lowest BCUT2D eigenvalue weighted by atomic mass is 10.1. The van der Waals surface area contributed by atoms with Crippen molar-refractivity contribution in [2.24, 2.45) is 0 Å². The fraction of sp³-hybridized carbons (Fsp3) is 0.375. The number of likely N-dealkylation sites (tertiary alicyclic amines) is 1. The summed E-state index contributed by atoms with van der Waals surface area (Å²) in [5.74, 6) is 1.66. The van der Waals surface area contributed by atoms with Crippen LogP contribution < -0.4 is 14.8 Å². The van der Waals surface area contributed by atoms with E-state index in [1.165, 1.54) is 25.0 Å². The van der Waals surface area contributed by atoms with Crippen LogP contribution in [0.4, 0.5) is 15.9 Å². The second-order valence-electron chi connectivity index (χ2n) is 8.37. The SMILES string of the molecule is COc1cc2c(cc1OCC(O)CN1CCCC1)Cc1c-2n[nH]c1Nc1cccc(F)c1. The molecule has 2 heterocycles. The fourth-order valence-electron chi connectivity index (χ4n) is 4.51. The topological polar surface area (TPSA) is 82.6 Å². The summed E-state index contributed by atoms with van der Waals surface area (Å²) >= 11 is 0. The molecule has 168 valence electrons. The highest BCUT2D eigenvalue weighted by atomic mass is 19.1. The van der Waals surface area contributed by atoms with E-state index in [9.17, 15) is 9.50 Å². The number of hydrogen-bond donors (Lipinski definition) is 3. The lowest BCUT2D eigenvalue weighted by Crippen LogP contribution is -2.33. The molecule has 1 unspecified atom stereocenters. The lowest BCUT2D eigenvalue weighted by molar-refractivity contribution is 0.0747. The number of hydrogen-bond acceptors (Lipinski definition) is 6. The molecule has 0 radical (unpaired) electrons. The van der Waals surface area contributed by atoms with Gasteiger partial charge in [0.15, 0.2) is 11.5 Å². The zero-order chi connectivity index (χ0) is 22.1. The normalized spacial score (nSPS) is 16.0. The molecule has 1 aliphatic heterocycles. The van der Waals surface area contributed by atoms with Crippen molar-refractivity contribution in [1.29, 1.82) is 0 Å². The fourth-order valence-corrected chi connectivity index (χ4v) is 4.51. The molecule has 3 aromatic rings. The molecular weight excluding hydrogens is 411 g/mol. The average Bonchev–Trinajstić information content (AvgIpc) is 3.50. The van der Waals surface area contributed by atoms with Crippen LogP contribution in [0.5, 0.6) is 11.5 Å². The lowest BCUT2D eigenvalue weighted by Gasteiger charge is -2.20. The molecule has 0 amide bonds.